The largest absolute Gasteiger partial charge is 0.483 e. The number of hydrazine groups is 1. The van der Waals surface area contributed by atoms with Crippen molar-refractivity contribution in [2.45, 2.75) is 33.2 Å². The van der Waals surface area contributed by atoms with Gasteiger partial charge in [-0.05, 0) is 48.2 Å². The third kappa shape index (κ3) is 5.05. The molecular weight excluding hydrogens is 382 g/mol. The monoisotopic (exact) mass is 407 g/mol. The highest BCUT2D eigenvalue weighted by atomic mass is 16.5. The smallest absolute Gasteiger partial charge is 0.276 e. The molecule has 2 aromatic carbocycles. The number of nitrogens with zero attached hydrogens (tertiary/aromatic N) is 1. The second-order valence-electron chi connectivity index (χ2n) is 7.24. The standard InChI is InChI=1S/C23H25N3O4/c1-15-8-9-16(2)21(12-15)30-14-23(29)25-24-22(28)13-20-19-7-5-4-6-18(19)10-11-26(20)17(3)27/h4-12,20H,13-14H2,1-3H3,(H,24,28)(H,25,29). The zero-order chi connectivity index (χ0) is 21.7. The van der Waals surface area contributed by atoms with Crippen LogP contribution < -0.4 is 15.6 Å². The molecule has 0 radical (unpaired) electrons. The lowest BCUT2D eigenvalue weighted by Crippen LogP contribution is -2.45. The zero-order valence-electron chi connectivity index (χ0n) is 17.3. The molecule has 2 N–H and O–H groups in total. The van der Waals surface area contributed by atoms with E-state index in [1.54, 1.807) is 6.20 Å². The Balaban J connectivity index is 1.55. The first-order chi connectivity index (χ1) is 14.3. The van der Waals surface area contributed by atoms with E-state index >= 15 is 0 Å². The molecule has 0 spiro atoms. The Morgan fingerprint density at radius 3 is 2.53 bits per heavy atom. The van der Waals surface area contributed by atoms with Crippen LogP contribution in [0.15, 0.2) is 48.7 Å². The van der Waals surface area contributed by atoms with E-state index in [0.717, 1.165) is 22.3 Å². The van der Waals surface area contributed by atoms with Gasteiger partial charge in [0.1, 0.15) is 5.75 Å². The van der Waals surface area contributed by atoms with Crippen LogP contribution in [-0.2, 0) is 14.4 Å². The second-order valence-corrected chi connectivity index (χ2v) is 7.24. The van der Waals surface area contributed by atoms with Crippen LogP contribution in [0.25, 0.3) is 6.08 Å². The highest BCUT2D eigenvalue weighted by Gasteiger charge is 2.28. The number of ether oxygens (including phenoxy) is 1. The molecule has 0 saturated heterocycles. The van der Waals surface area contributed by atoms with Crippen molar-refractivity contribution in [3.8, 4) is 5.75 Å². The number of benzene rings is 2. The molecule has 1 aliphatic heterocycles. The lowest BCUT2D eigenvalue weighted by atomic mass is 9.93. The highest BCUT2D eigenvalue weighted by molar-refractivity contribution is 5.84. The molecule has 30 heavy (non-hydrogen) atoms. The van der Waals surface area contributed by atoms with E-state index in [1.165, 1.54) is 11.8 Å². The van der Waals surface area contributed by atoms with Crippen molar-refractivity contribution < 1.29 is 19.1 Å². The van der Waals surface area contributed by atoms with E-state index in [4.69, 9.17) is 4.74 Å². The number of nitrogens with one attached hydrogen (secondary N) is 2. The van der Waals surface area contributed by atoms with Crippen molar-refractivity contribution in [1.82, 2.24) is 15.8 Å². The second kappa shape index (κ2) is 9.26. The van der Waals surface area contributed by atoms with Gasteiger partial charge in [0.15, 0.2) is 6.61 Å². The average Bonchev–Trinajstić information content (AvgIpc) is 2.73. The molecule has 7 nitrogen and oxygen atoms in total. The summed E-state index contributed by atoms with van der Waals surface area (Å²) in [4.78, 5) is 38.0. The minimum Gasteiger partial charge on any atom is -0.483 e. The van der Waals surface area contributed by atoms with Gasteiger partial charge in [-0.2, -0.15) is 0 Å². The predicted octanol–water partition coefficient (Wildman–Crippen LogP) is 2.79. The Kier molecular flexibility index (Phi) is 6.51. The molecule has 156 valence electrons. The Labute approximate surface area is 175 Å². The number of hydrogen-bond donors (Lipinski definition) is 2. The maximum Gasteiger partial charge on any atom is 0.276 e. The van der Waals surface area contributed by atoms with E-state index in [1.807, 2.05) is 62.4 Å². The summed E-state index contributed by atoms with van der Waals surface area (Å²) < 4.78 is 5.53. The summed E-state index contributed by atoms with van der Waals surface area (Å²) in [5.74, 6) is -0.420. The Bertz CT molecular complexity index is 1000. The van der Waals surface area contributed by atoms with E-state index in [-0.39, 0.29) is 18.9 Å². The van der Waals surface area contributed by atoms with Gasteiger partial charge in [-0.1, -0.05) is 36.4 Å². The average molecular weight is 407 g/mol. The van der Waals surface area contributed by atoms with Crippen LogP contribution in [0.4, 0.5) is 0 Å². The van der Waals surface area contributed by atoms with Gasteiger partial charge in [-0.25, -0.2) is 0 Å². The van der Waals surface area contributed by atoms with Crippen LogP contribution >= 0.6 is 0 Å². The summed E-state index contributed by atoms with van der Waals surface area (Å²) in [6.07, 6.45) is 3.54. The number of hydrogen-bond acceptors (Lipinski definition) is 4. The van der Waals surface area contributed by atoms with Crippen molar-refractivity contribution in [2.24, 2.45) is 0 Å². The van der Waals surface area contributed by atoms with E-state index < -0.39 is 17.9 Å². The molecule has 0 aromatic heterocycles. The lowest BCUT2D eigenvalue weighted by molar-refractivity contribution is -0.132. The van der Waals surface area contributed by atoms with Gasteiger partial charge in [0.2, 0.25) is 11.8 Å². The molecule has 2 aromatic rings. The van der Waals surface area contributed by atoms with Crippen molar-refractivity contribution in [3.63, 3.8) is 0 Å². The van der Waals surface area contributed by atoms with E-state index in [9.17, 15) is 14.4 Å². The SMILES string of the molecule is CC(=O)N1C=Cc2ccccc2C1CC(=O)NNC(=O)COc1cc(C)ccc1C. The quantitative estimate of drug-likeness (QED) is 0.746. The number of carbonyl (C=O) groups is 3. The molecule has 1 atom stereocenters. The summed E-state index contributed by atoms with van der Waals surface area (Å²) in [7, 11) is 0. The molecule has 1 aliphatic rings. The molecule has 0 bridgehead atoms. The summed E-state index contributed by atoms with van der Waals surface area (Å²) in [6.45, 7) is 5.07. The Morgan fingerprint density at radius 1 is 1.03 bits per heavy atom. The van der Waals surface area contributed by atoms with Gasteiger partial charge >= 0.3 is 0 Å². The fraction of sp³-hybridized carbons (Fsp3) is 0.261. The van der Waals surface area contributed by atoms with Crippen molar-refractivity contribution >= 4 is 23.8 Å². The van der Waals surface area contributed by atoms with Gasteiger partial charge in [0, 0.05) is 13.1 Å². The van der Waals surface area contributed by atoms with E-state index in [0.29, 0.717) is 5.75 Å². The first-order valence-corrected chi connectivity index (χ1v) is 9.69. The molecule has 3 amide bonds. The minimum absolute atomic E-state index is 0.0130. The van der Waals surface area contributed by atoms with Crippen molar-refractivity contribution in [3.05, 3.63) is 70.9 Å². The van der Waals surface area contributed by atoms with Gasteiger partial charge in [0.25, 0.3) is 5.91 Å². The van der Waals surface area contributed by atoms with Crippen LogP contribution in [0.5, 0.6) is 5.75 Å². The molecule has 1 unspecified atom stereocenters. The van der Waals surface area contributed by atoms with Crippen LogP contribution in [0.2, 0.25) is 0 Å². The van der Waals surface area contributed by atoms with Gasteiger partial charge in [-0.3, -0.25) is 25.2 Å². The van der Waals surface area contributed by atoms with Gasteiger partial charge < -0.3 is 9.64 Å². The fourth-order valence-corrected chi connectivity index (χ4v) is 3.32. The lowest BCUT2D eigenvalue weighted by Gasteiger charge is -2.32. The predicted molar refractivity (Wildman–Crippen MR) is 113 cm³/mol. The van der Waals surface area contributed by atoms with Crippen LogP contribution in [0, 0.1) is 13.8 Å². The molecular formula is C23H25N3O4. The first kappa shape index (κ1) is 21.1. The number of amides is 3. The number of carbonyl (C=O) groups excluding carboxylic acids is 3. The van der Waals surface area contributed by atoms with Crippen LogP contribution in [-0.4, -0.2) is 29.2 Å². The summed E-state index contributed by atoms with van der Waals surface area (Å²) >= 11 is 0. The highest BCUT2D eigenvalue weighted by Crippen LogP contribution is 2.32. The summed E-state index contributed by atoms with van der Waals surface area (Å²) in [6, 6.07) is 12.9. The maximum absolute atomic E-state index is 12.4. The topological polar surface area (TPSA) is 87.7 Å². The minimum atomic E-state index is -0.475. The van der Waals surface area contributed by atoms with Crippen LogP contribution in [0.1, 0.15) is 41.6 Å². The third-order valence-electron chi connectivity index (χ3n) is 4.89. The molecule has 1 heterocycles. The summed E-state index contributed by atoms with van der Waals surface area (Å²) in [5, 5.41) is 0. The number of rotatable bonds is 5. The Morgan fingerprint density at radius 2 is 1.77 bits per heavy atom. The van der Waals surface area contributed by atoms with Gasteiger partial charge in [-0.15, -0.1) is 0 Å². The third-order valence-corrected chi connectivity index (χ3v) is 4.89. The van der Waals surface area contributed by atoms with Crippen LogP contribution in [0.3, 0.4) is 0 Å². The molecule has 7 heteroatoms. The zero-order valence-corrected chi connectivity index (χ0v) is 17.3. The van der Waals surface area contributed by atoms with Crippen molar-refractivity contribution in [1.29, 1.82) is 0 Å². The maximum atomic E-state index is 12.4. The number of fused-ring (bicyclic) bond motifs is 1. The van der Waals surface area contributed by atoms with E-state index in [2.05, 4.69) is 10.9 Å². The molecule has 3 rings (SSSR count). The van der Waals surface area contributed by atoms with Gasteiger partial charge in [0.05, 0.1) is 12.5 Å². The molecule has 0 fully saturated rings. The Hall–Kier alpha value is -3.61. The fourth-order valence-electron chi connectivity index (χ4n) is 3.32. The van der Waals surface area contributed by atoms with Crippen molar-refractivity contribution in [2.75, 3.05) is 6.61 Å². The summed E-state index contributed by atoms with van der Waals surface area (Å²) in [5.41, 5.74) is 8.55. The first-order valence-electron chi connectivity index (χ1n) is 9.69. The molecule has 0 aliphatic carbocycles. The normalized spacial score (nSPS) is 14.6. The molecule has 0 saturated carbocycles. The number of aryl methyl sites for hydroxylation is 2.